The first-order chi connectivity index (χ1) is 9.48. The molecule has 0 atom stereocenters. The molecule has 0 radical (unpaired) electrons. The zero-order valence-corrected chi connectivity index (χ0v) is 12.4. The van der Waals surface area contributed by atoms with Gasteiger partial charge in [0.05, 0.1) is 15.9 Å². The summed E-state index contributed by atoms with van der Waals surface area (Å²) in [7, 11) is -0.456. The van der Waals surface area contributed by atoms with E-state index in [0.717, 1.165) is 0 Å². The highest BCUT2D eigenvalue weighted by atomic mass is 32.2. The summed E-state index contributed by atoms with van der Waals surface area (Å²) in [5, 5.41) is 5.70. The molecule has 7 nitrogen and oxygen atoms in total. The van der Waals surface area contributed by atoms with Crippen molar-refractivity contribution in [3.8, 4) is 11.5 Å². The quantitative estimate of drug-likeness (QED) is 0.788. The van der Waals surface area contributed by atoms with Gasteiger partial charge in [0.2, 0.25) is 10.0 Å². The fourth-order valence-electron chi connectivity index (χ4n) is 1.75. The fraction of sp³-hybridized carbons (Fsp3) is 0.182. The highest BCUT2D eigenvalue weighted by molar-refractivity contribution is 7.89. The predicted octanol–water partition coefficient (Wildman–Crippen LogP) is 1.33. The largest absolute Gasteiger partial charge is 0.337 e. The van der Waals surface area contributed by atoms with Crippen molar-refractivity contribution >= 4 is 32.6 Å². The van der Waals surface area contributed by atoms with Gasteiger partial charge in [0, 0.05) is 19.5 Å². The van der Waals surface area contributed by atoms with Gasteiger partial charge >= 0.3 is 0 Å². The minimum atomic E-state index is -3.45. The molecular formula is C11H11N5O2S2. The van der Waals surface area contributed by atoms with Crippen LogP contribution in [0.25, 0.3) is 22.6 Å². The Morgan fingerprint density at radius 1 is 1.30 bits per heavy atom. The summed E-state index contributed by atoms with van der Waals surface area (Å²) in [6.45, 7) is 0. The molecule has 20 heavy (non-hydrogen) atoms. The van der Waals surface area contributed by atoms with E-state index in [1.54, 1.807) is 23.6 Å². The van der Waals surface area contributed by atoms with Crippen LogP contribution in [0.5, 0.6) is 0 Å². The van der Waals surface area contributed by atoms with E-state index >= 15 is 0 Å². The third-order valence-electron chi connectivity index (χ3n) is 2.83. The third-order valence-corrected chi connectivity index (χ3v) is 5.15. The zero-order chi connectivity index (χ0) is 14.3. The number of sulfonamides is 1. The molecule has 0 amide bonds. The molecule has 0 fully saturated rings. The second-order valence-electron chi connectivity index (χ2n) is 4.34. The van der Waals surface area contributed by atoms with Crippen LogP contribution < -0.4 is 0 Å². The second kappa shape index (κ2) is 4.62. The summed E-state index contributed by atoms with van der Waals surface area (Å²) in [6, 6.07) is 4.79. The van der Waals surface area contributed by atoms with Crippen molar-refractivity contribution in [3.05, 3.63) is 23.6 Å². The van der Waals surface area contributed by atoms with Crippen molar-refractivity contribution in [1.82, 2.24) is 23.9 Å². The van der Waals surface area contributed by atoms with E-state index < -0.39 is 10.0 Å². The number of H-pyrrole nitrogens is 1. The predicted molar refractivity (Wildman–Crippen MR) is 75.9 cm³/mol. The maximum absolute atomic E-state index is 12.1. The summed E-state index contributed by atoms with van der Waals surface area (Å²) >= 11 is 1.23. The Morgan fingerprint density at radius 2 is 2.10 bits per heavy atom. The van der Waals surface area contributed by atoms with Gasteiger partial charge in [-0.25, -0.2) is 17.7 Å². The summed E-state index contributed by atoms with van der Waals surface area (Å²) < 4.78 is 29.1. The van der Waals surface area contributed by atoms with Crippen LogP contribution in [0.2, 0.25) is 0 Å². The Bertz CT molecular complexity index is 852. The number of fused-ring (bicyclic) bond motifs is 1. The number of nitrogens with one attached hydrogen (secondary N) is 1. The normalized spacial score (nSPS) is 12.3. The molecule has 104 valence electrons. The van der Waals surface area contributed by atoms with Crippen LogP contribution in [-0.2, 0) is 10.0 Å². The number of hydrogen-bond donors (Lipinski definition) is 1. The monoisotopic (exact) mass is 309 g/mol. The SMILES string of the molecule is CN(C)S(=O)(=O)c1ccc2nc(-c3csnn3)[nH]c2c1. The first-order valence-corrected chi connectivity index (χ1v) is 7.96. The van der Waals surface area contributed by atoms with Gasteiger partial charge in [-0.2, -0.15) is 0 Å². The van der Waals surface area contributed by atoms with Crippen molar-refractivity contribution < 1.29 is 8.42 Å². The molecule has 9 heteroatoms. The number of imidazole rings is 1. The molecule has 3 aromatic rings. The molecule has 0 saturated carbocycles. The van der Waals surface area contributed by atoms with Gasteiger partial charge in [-0.3, -0.25) is 0 Å². The van der Waals surface area contributed by atoms with E-state index in [2.05, 4.69) is 19.6 Å². The van der Waals surface area contributed by atoms with Gasteiger partial charge in [0.25, 0.3) is 0 Å². The Morgan fingerprint density at radius 3 is 2.75 bits per heavy atom. The molecule has 0 spiro atoms. The summed E-state index contributed by atoms with van der Waals surface area (Å²) in [5.41, 5.74) is 1.98. The van der Waals surface area contributed by atoms with Gasteiger partial charge < -0.3 is 4.98 Å². The number of benzene rings is 1. The lowest BCUT2D eigenvalue weighted by Gasteiger charge is -2.10. The Kier molecular flexibility index (Phi) is 3.04. The molecule has 2 heterocycles. The first-order valence-electron chi connectivity index (χ1n) is 5.68. The standard InChI is InChI=1S/C11H11N5O2S2/c1-16(2)20(17,18)7-3-4-8-9(5-7)13-11(12-8)10-6-19-15-14-10/h3-6H,1-2H3,(H,12,13). The van der Waals surface area contributed by atoms with Crippen LogP contribution in [0.4, 0.5) is 0 Å². The molecular weight excluding hydrogens is 298 g/mol. The van der Waals surface area contributed by atoms with Gasteiger partial charge in [0.1, 0.15) is 5.69 Å². The first kappa shape index (κ1) is 13.2. The topological polar surface area (TPSA) is 91.8 Å². The van der Waals surface area contributed by atoms with E-state index in [9.17, 15) is 8.42 Å². The average molecular weight is 309 g/mol. The average Bonchev–Trinajstić information content (AvgIpc) is 3.06. The smallest absolute Gasteiger partial charge is 0.242 e. The van der Waals surface area contributed by atoms with Gasteiger partial charge in [-0.1, -0.05) is 4.49 Å². The molecule has 0 aliphatic heterocycles. The lowest BCUT2D eigenvalue weighted by molar-refractivity contribution is 0.521. The molecule has 0 bridgehead atoms. The number of aromatic nitrogens is 4. The Hall–Kier alpha value is -1.84. The molecule has 1 aromatic carbocycles. The van der Waals surface area contributed by atoms with Crippen LogP contribution in [-0.4, -0.2) is 46.4 Å². The highest BCUT2D eigenvalue weighted by Gasteiger charge is 2.18. The number of nitrogens with zero attached hydrogens (tertiary/aromatic N) is 4. The molecule has 1 N–H and O–H groups in total. The molecule has 0 saturated heterocycles. The van der Waals surface area contributed by atoms with Crippen molar-refractivity contribution in [2.24, 2.45) is 0 Å². The zero-order valence-electron chi connectivity index (χ0n) is 10.7. The molecule has 3 rings (SSSR count). The minimum Gasteiger partial charge on any atom is -0.337 e. The van der Waals surface area contributed by atoms with Gasteiger partial charge in [-0.05, 0) is 29.7 Å². The number of aromatic amines is 1. The summed E-state index contributed by atoms with van der Waals surface area (Å²) in [5.74, 6) is 0.577. The highest BCUT2D eigenvalue weighted by Crippen LogP contribution is 2.23. The van der Waals surface area contributed by atoms with Crippen LogP contribution in [0.15, 0.2) is 28.5 Å². The van der Waals surface area contributed by atoms with Gasteiger partial charge in [0.15, 0.2) is 5.82 Å². The number of hydrogen-bond acceptors (Lipinski definition) is 6. The van der Waals surface area contributed by atoms with Crippen molar-refractivity contribution in [2.75, 3.05) is 14.1 Å². The minimum absolute atomic E-state index is 0.224. The van der Waals surface area contributed by atoms with E-state index in [1.165, 1.54) is 29.9 Å². The maximum atomic E-state index is 12.1. The van der Waals surface area contributed by atoms with Crippen LogP contribution in [0.3, 0.4) is 0 Å². The summed E-state index contributed by atoms with van der Waals surface area (Å²) in [4.78, 5) is 7.65. The van der Waals surface area contributed by atoms with Crippen molar-refractivity contribution in [1.29, 1.82) is 0 Å². The molecule has 2 aromatic heterocycles. The summed E-state index contributed by atoms with van der Waals surface area (Å²) in [6.07, 6.45) is 0. The maximum Gasteiger partial charge on any atom is 0.242 e. The van der Waals surface area contributed by atoms with E-state index in [0.29, 0.717) is 22.6 Å². The third kappa shape index (κ3) is 2.09. The van der Waals surface area contributed by atoms with Crippen LogP contribution >= 0.6 is 11.5 Å². The molecule has 0 unspecified atom stereocenters. The Labute approximate surface area is 119 Å². The fourth-order valence-corrected chi connectivity index (χ4v) is 3.12. The van der Waals surface area contributed by atoms with Crippen molar-refractivity contribution in [3.63, 3.8) is 0 Å². The second-order valence-corrected chi connectivity index (χ2v) is 7.10. The van der Waals surface area contributed by atoms with E-state index in [-0.39, 0.29) is 4.90 Å². The van der Waals surface area contributed by atoms with Crippen LogP contribution in [0.1, 0.15) is 0 Å². The van der Waals surface area contributed by atoms with Gasteiger partial charge in [-0.15, -0.1) is 5.10 Å². The lowest BCUT2D eigenvalue weighted by atomic mass is 10.3. The van der Waals surface area contributed by atoms with E-state index in [1.807, 2.05) is 0 Å². The van der Waals surface area contributed by atoms with E-state index in [4.69, 9.17) is 0 Å². The molecule has 0 aliphatic rings. The van der Waals surface area contributed by atoms with Crippen molar-refractivity contribution in [2.45, 2.75) is 4.90 Å². The number of rotatable bonds is 3. The molecule has 0 aliphatic carbocycles. The lowest BCUT2D eigenvalue weighted by Crippen LogP contribution is -2.22. The van der Waals surface area contributed by atoms with Crippen LogP contribution in [0, 0.1) is 0 Å². The Balaban J connectivity index is 2.13.